The topological polar surface area (TPSA) is 78.4 Å². The zero-order valence-corrected chi connectivity index (χ0v) is 18.5. The maximum absolute atomic E-state index is 12.0. The standard InChI is InChI=1S/C18H25N5OS.HI/c1-4-19-18(22-11-15-7-5-6-13(2)10-15)21-9-8-20-17(24)16-14(3)23-12-25-16;/h5-7,10,12H,4,8-9,11H2,1-3H3,(H,20,24)(H2,19,21,22);1H. The summed E-state index contributed by atoms with van der Waals surface area (Å²) in [5.74, 6) is 0.663. The highest BCUT2D eigenvalue weighted by molar-refractivity contribution is 14.0. The van der Waals surface area contributed by atoms with Gasteiger partial charge in [0.05, 0.1) is 17.7 Å². The van der Waals surface area contributed by atoms with E-state index < -0.39 is 0 Å². The molecule has 0 bridgehead atoms. The molecule has 0 saturated heterocycles. The van der Waals surface area contributed by atoms with Gasteiger partial charge in [0, 0.05) is 19.6 Å². The quantitative estimate of drug-likeness (QED) is 0.243. The van der Waals surface area contributed by atoms with E-state index >= 15 is 0 Å². The predicted molar refractivity (Wildman–Crippen MR) is 119 cm³/mol. The van der Waals surface area contributed by atoms with Crippen LogP contribution in [0.1, 0.15) is 33.4 Å². The molecule has 0 unspecified atom stereocenters. The van der Waals surface area contributed by atoms with Crippen molar-refractivity contribution in [1.82, 2.24) is 20.9 Å². The molecule has 26 heavy (non-hydrogen) atoms. The Kier molecular flexibility index (Phi) is 10.2. The van der Waals surface area contributed by atoms with Crippen LogP contribution < -0.4 is 16.0 Å². The molecule has 8 heteroatoms. The summed E-state index contributed by atoms with van der Waals surface area (Å²) in [4.78, 5) is 21.4. The van der Waals surface area contributed by atoms with Crippen molar-refractivity contribution in [3.63, 3.8) is 0 Å². The third-order valence-electron chi connectivity index (χ3n) is 3.50. The number of aromatic nitrogens is 1. The second kappa shape index (κ2) is 11.8. The van der Waals surface area contributed by atoms with Gasteiger partial charge in [0.1, 0.15) is 4.88 Å². The summed E-state index contributed by atoms with van der Waals surface area (Å²) in [6.45, 7) is 8.46. The lowest BCUT2D eigenvalue weighted by molar-refractivity contribution is 0.0957. The van der Waals surface area contributed by atoms with E-state index in [4.69, 9.17) is 0 Å². The number of carbonyl (C=O) groups is 1. The summed E-state index contributed by atoms with van der Waals surface area (Å²) in [5.41, 5.74) is 4.85. The molecule has 3 N–H and O–H groups in total. The number of amides is 1. The van der Waals surface area contributed by atoms with Crippen LogP contribution >= 0.6 is 35.3 Å². The Labute approximate surface area is 175 Å². The van der Waals surface area contributed by atoms with Gasteiger partial charge < -0.3 is 16.0 Å². The van der Waals surface area contributed by atoms with Crippen LogP contribution in [0.3, 0.4) is 0 Å². The monoisotopic (exact) mass is 487 g/mol. The molecule has 0 aliphatic rings. The molecule has 1 aromatic heterocycles. The van der Waals surface area contributed by atoms with Crippen LogP contribution in [0.25, 0.3) is 0 Å². The molecule has 1 heterocycles. The molecule has 2 rings (SSSR count). The molecular weight excluding hydrogens is 461 g/mol. The molecule has 2 aromatic rings. The van der Waals surface area contributed by atoms with Gasteiger partial charge in [-0.3, -0.25) is 4.79 Å². The van der Waals surface area contributed by atoms with E-state index in [2.05, 4.69) is 51.0 Å². The maximum atomic E-state index is 12.0. The van der Waals surface area contributed by atoms with E-state index in [9.17, 15) is 4.79 Å². The van der Waals surface area contributed by atoms with Crippen LogP contribution in [0, 0.1) is 13.8 Å². The van der Waals surface area contributed by atoms with Gasteiger partial charge in [-0.15, -0.1) is 35.3 Å². The Morgan fingerprint density at radius 1 is 1.19 bits per heavy atom. The summed E-state index contributed by atoms with van der Waals surface area (Å²) >= 11 is 1.36. The lowest BCUT2D eigenvalue weighted by atomic mass is 10.1. The van der Waals surface area contributed by atoms with Crippen molar-refractivity contribution in [2.24, 2.45) is 4.99 Å². The molecule has 0 saturated carbocycles. The first-order valence-corrected chi connectivity index (χ1v) is 9.24. The Hall–Kier alpha value is -1.68. The van der Waals surface area contributed by atoms with E-state index in [-0.39, 0.29) is 29.9 Å². The Balaban J connectivity index is 0.00000338. The Morgan fingerprint density at radius 2 is 1.96 bits per heavy atom. The van der Waals surface area contributed by atoms with Crippen LogP contribution in [0.2, 0.25) is 0 Å². The fourth-order valence-electron chi connectivity index (χ4n) is 2.28. The van der Waals surface area contributed by atoms with E-state index in [1.54, 1.807) is 5.51 Å². The van der Waals surface area contributed by atoms with E-state index in [0.29, 0.717) is 24.5 Å². The van der Waals surface area contributed by atoms with Crippen LogP contribution in [0.4, 0.5) is 0 Å². The number of aryl methyl sites for hydroxylation is 2. The van der Waals surface area contributed by atoms with Crippen LogP contribution in [-0.4, -0.2) is 36.5 Å². The van der Waals surface area contributed by atoms with Gasteiger partial charge in [-0.2, -0.15) is 0 Å². The number of hydrogen-bond acceptors (Lipinski definition) is 4. The maximum Gasteiger partial charge on any atom is 0.263 e. The van der Waals surface area contributed by atoms with Crippen molar-refractivity contribution in [3.05, 3.63) is 51.5 Å². The molecule has 0 spiro atoms. The Morgan fingerprint density at radius 3 is 2.62 bits per heavy atom. The van der Waals surface area contributed by atoms with Gasteiger partial charge in [0.15, 0.2) is 5.96 Å². The number of carbonyl (C=O) groups excluding carboxylic acids is 1. The molecule has 0 fully saturated rings. The number of nitrogens with zero attached hydrogens (tertiary/aromatic N) is 2. The van der Waals surface area contributed by atoms with Crippen molar-refractivity contribution >= 4 is 47.2 Å². The van der Waals surface area contributed by atoms with E-state index in [1.807, 2.05) is 19.9 Å². The van der Waals surface area contributed by atoms with Crippen LogP contribution in [0.15, 0.2) is 34.8 Å². The van der Waals surface area contributed by atoms with Gasteiger partial charge in [-0.05, 0) is 26.3 Å². The summed E-state index contributed by atoms with van der Waals surface area (Å²) in [6, 6.07) is 8.31. The van der Waals surface area contributed by atoms with E-state index in [1.165, 1.54) is 22.5 Å². The average Bonchev–Trinajstić information content (AvgIpc) is 3.02. The summed E-state index contributed by atoms with van der Waals surface area (Å²) in [5, 5.41) is 9.33. The summed E-state index contributed by atoms with van der Waals surface area (Å²) < 4.78 is 0. The van der Waals surface area contributed by atoms with Gasteiger partial charge in [0.25, 0.3) is 5.91 Å². The highest BCUT2D eigenvalue weighted by Crippen LogP contribution is 2.11. The molecule has 0 radical (unpaired) electrons. The number of benzene rings is 1. The molecule has 142 valence electrons. The minimum absolute atomic E-state index is 0. The van der Waals surface area contributed by atoms with Gasteiger partial charge in [-0.1, -0.05) is 29.8 Å². The minimum atomic E-state index is -0.0801. The first-order valence-electron chi connectivity index (χ1n) is 8.36. The smallest absolute Gasteiger partial charge is 0.263 e. The third-order valence-corrected chi connectivity index (χ3v) is 4.43. The SMILES string of the molecule is CCNC(=NCc1cccc(C)c1)NCCNC(=O)c1scnc1C.I. The van der Waals surface area contributed by atoms with Crippen molar-refractivity contribution < 1.29 is 4.79 Å². The number of hydrogen-bond donors (Lipinski definition) is 3. The molecular formula is C18H26IN5OS. The zero-order valence-electron chi connectivity index (χ0n) is 15.3. The first-order chi connectivity index (χ1) is 12.1. The minimum Gasteiger partial charge on any atom is -0.357 e. The summed E-state index contributed by atoms with van der Waals surface area (Å²) in [6.07, 6.45) is 0. The molecule has 1 aromatic carbocycles. The zero-order chi connectivity index (χ0) is 18.1. The van der Waals surface area contributed by atoms with Crippen molar-refractivity contribution in [2.45, 2.75) is 27.3 Å². The number of aliphatic imine (C=N–C) groups is 1. The van der Waals surface area contributed by atoms with Crippen LogP contribution in [0.5, 0.6) is 0 Å². The van der Waals surface area contributed by atoms with Gasteiger partial charge in [0.2, 0.25) is 0 Å². The number of guanidine groups is 1. The second-order valence-electron chi connectivity index (χ2n) is 5.63. The van der Waals surface area contributed by atoms with Crippen molar-refractivity contribution in [3.8, 4) is 0 Å². The third kappa shape index (κ3) is 7.28. The van der Waals surface area contributed by atoms with Crippen molar-refractivity contribution in [1.29, 1.82) is 0 Å². The Bertz CT molecular complexity index is 732. The van der Waals surface area contributed by atoms with Crippen molar-refractivity contribution in [2.75, 3.05) is 19.6 Å². The normalized spacial score (nSPS) is 10.8. The van der Waals surface area contributed by atoms with Gasteiger partial charge >= 0.3 is 0 Å². The summed E-state index contributed by atoms with van der Waals surface area (Å²) in [7, 11) is 0. The first kappa shape index (κ1) is 22.4. The number of nitrogens with one attached hydrogen (secondary N) is 3. The molecule has 0 aliphatic heterocycles. The highest BCUT2D eigenvalue weighted by Gasteiger charge is 2.10. The highest BCUT2D eigenvalue weighted by atomic mass is 127. The number of rotatable bonds is 7. The fraction of sp³-hybridized carbons (Fsp3) is 0.389. The molecule has 0 atom stereocenters. The largest absolute Gasteiger partial charge is 0.357 e. The fourth-order valence-corrected chi connectivity index (χ4v) is 3.00. The number of halogens is 1. The van der Waals surface area contributed by atoms with E-state index in [0.717, 1.165) is 18.2 Å². The number of thiazole rings is 1. The lowest BCUT2D eigenvalue weighted by Gasteiger charge is -2.12. The lowest BCUT2D eigenvalue weighted by Crippen LogP contribution is -2.41. The average molecular weight is 487 g/mol. The predicted octanol–water partition coefficient (Wildman–Crippen LogP) is 2.86. The molecule has 6 nitrogen and oxygen atoms in total. The molecule has 0 aliphatic carbocycles. The molecule has 1 amide bonds. The second-order valence-corrected chi connectivity index (χ2v) is 6.49. The van der Waals surface area contributed by atoms with Crippen LogP contribution in [-0.2, 0) is 6.54 Å². The van der Waals surface area contributed by atoms with Gasteiger partial charge in [-0.25, -0.2) is 9.98 Å².